The van der Waals surface area contributed by atoms with Gasteiger partial charge in [-0.05, 0) is 37.6 Å². The second-order valence-corrected chi connectivity index (χ2v) is 6.41. The summed E-state index contributed by atoms with van der Waals surface area (Å²) in [5, 5.41) is 5.32. The first-order valence-corrected chi connectivity index (χ1v) is 8.45. The van der Waals surface area contributed by atoms with Crippen molar-refractivity contribution >= 4 is 29.2 Å². The van der Waals surface area contributed by atoms with Gasteiger partial charge in [0.15, 0.2) is 0 Å². The number of hydrogen-bond acceptors (Lipinski definition) is 3. The average Bonchev–Trinajstić information content (AvgIpc) is 2.88. The summed E-state index contributed by atoms with van der Waals surface area (Å²) >= 11 is 12.4. The number of nitrogens with zero attached hydrogens (tertiary/aromatic N) is 2. The molecule has 1 aromatic heterocycles. The van der Waals surface area contributed by atoms with Gasteiger partial charge in [-0.3, -0.25) is 0 Å². The van der Waals surface area contributed by atoms with Crippen LogP contribution in [-0.4, -0.2) is 15.7 Å². The molecule has 0 saturated heterocycles. The summed E-state index contributed by atoms with van der Waals surface area (Å²) < 4.78 is 7.05. The molecule has 0 fully saturated rings. The number of rotatable bonds is 4. The minimum absolute atomic E-state index is 0.186. The zero-order valence-electron chi connectivity index (χ0n) is 13.8. The van der Waals surface area contributed by atoms with Crippen molar-refractivity contribution in [1.82, 2.24) is 9.78 Å². The topological polar surface area (TPSA) is 44.1 Å². The Labute approximate surface area is 155 Å². The predicted octanol–water partition coefficient (Wildman–Crippen LogP) is 5.15. The van der Waals surface area contributed by atoms with Gasteiger partial charge in [0.05, 0.1) is 32.7 Å². The number of benzene rings is 2. The van der Waals surface area contributed by atoms with E-state index in [0.29, 0.717) is 21.3 Å². The van der Waals surface area contributed by atoms with E-state index in [1.54, 1.807) is 22.9 Å². The number of esters is 1. The lowest BCUT2D eigenvalue weighted by atomic mass is 10.2. The van der Waals surface area contributed by atoms with Gasteiger partial charge in [0.25, 0.3) is 0 Å². The zero-order chi connectivity index (χ0) is 18.0. The molecule has 0 N–H and O–H groups in total. The maximum Gasteiger partial charge on any atom is 0.340 e. The van der Waals surface area contributed by atoms with Gasteiger partial charge in [-0.15, -0.1) is 0 Å². The standard InChI is InChI=1S/C19H16Cl2N2O2/c1-12-18(21)13(2)23(22-12)15-8-9-17(20)16(10-15)19(24)25-11-14-6-4-3-5-7-14/h3-10H,11H2,1-2H3. The molecule has 128 valence electrons. The van der Waals surface area contributed by atoms with Gasteiger partial charge in [-0.2, -0.15) is 5.10 Å². The molecule has 0 spiro atoms. The first-order chi connectivity index (χ1) is 12.0. The molecule has 0 aliphatic heterocycles. The van der Waals surface area contributed by atoms with Crippen LogP contribution in [-0.2, 0) is 11.3 Å². The lowest BCUT2D eigenvalue weighted by Crippen LogP contribution is -2.08. The van der Waals surface area contributed by atoms with Gasteiger partial charge in [0.1, 0.15) is 6.61 Å². The van der Waals surface area contributed by atoms with Gasteiger partial charge >= 0.3 is 5.97 Å². The molecule has 3 rings (SSSR count). The van der Waals surface area contributed by atoms with Crippen LogP contribution < -0.4 is 0 Å². The lowest BCUT2D eigenvalue weighted by Gasteiger charge is -2.10. The zero-order valence-corrected chi connectivity index (χ0v) is 15.3. The molecule has 0 aliphatic carbocycles. The number of hydrogen-bond donors (Lipinski definition) is 0. The molecule has 6 heteroatoms. The SMILES string of the molecule is Cc1nn(-c2ccc(Cl)c(C(=O)OCc3ccccc3)c2)c(C)c1Cl. The van der Waals surface area contributed by atoms with E-state index in [2.05, 4.69) is 5.10 Å². The van der Waals surface area contributed by atoms with Gasteiger partial charge in [0, 0.05) is 0 Å². The molecular weight excluding hydrogens is 359 g/mol. The Morgan fingerprint density at radius 1 is 1.12 bits per heavy atom. The molecule has 0 aliphatic rings. The van der Waals surface area contributed by atoms with E-state index in [1.807, 2.05) is 44.2 Å². The van der Waals surface area contributed by atoms with E-state index < -0.39 is 5.97 Å². The second kappa shape index (κ2) is 7.30. The van der Waals surface area contributed by atoms with Crippen LogP contribution in [0.3, 0.4) is 0 Å². The fourth-order valence-electron chi connectivity index (χ4n) is 2.48. The van der Waals surface area contributed by atoms with E-state index in [0.717, 1.165) is 17.0 Å². The molecule has 2 aromatic carbocycles. The quantitative estimate of drug-likeness (QED) is 0.592. The van der Waals surface area contributed by atoms with E-state index in [-0.39, 0.29) is 6.61 Å². The fraction of sp³-hybridized carbons (Fsp3) is 0.158. The maximum atomic E-state index is 12.4. The van der Waals surface area contributed by atoms with Crippen LogP contribution in [0.25, 0.3) is 5.69 Å². The smallest absolute Gasteiger partial charge is 0.340 e. The maximum absolute atomic E-state index is 12.4. The van der Waals surface area contributed by atoms with Crippen molar-refractivity contribution in [3.8, 4) is 5.69 Å². The van der Waals surface area contributed by atoms with E-state index in [9.17, 15) is 4.79 Å². The Bertz CT molecular complexity index is 921. The first kappa shape index (κ1) is 17.5. The van der Waals surface area contributed by atoms with Gasteiger partial charge in [-0.1, -0.05) is 53.5 Å². The molecule has 0 unspecified atom stereocenters. The number of aryl methyl sites for hydroxylation is 1. The second-order valence-electron chi connectivity index (χ2n) is 5.62. The third-order valence-corrected chi connectivity index (χ3v) is 4.71. The van der Waals surface area contributed by atoms with E-state index >= 15 is 0 Å². The van der Waals surface area contributed by atoms with Crippen LogP contribution in [0, 0.1) is 13.8 Å². The third-order valence-electron chi connectivity index (χ3n) is 3.83. The third kappa shape index (κ3) is 3.70. The molecule has 0 amide bonds. The summed E-state index contributed by atoms with van der Waals surface area (Å²) in [5.41, 5.74) is 3.42. The van der Waals surface area contributed by atoms with Crippen molar-refractivity contribution in [2.45, 2.75) is 20.5 Å². The minimum Gasteiger partial charge on any atom is -0.457 e. The highest BCUT2D eigenvalue weighted by Crippen LogP contribution is 2.26. The van der Waals surface area contributed by atoms with Crippen LogP contribution in [0.15, 0.2) is 48.5 Å². The average molecular weight is 375 g/mol. The van der Waals surface area contributed by atoms with E-state index in [4.69, 9.17) is 27.9 Å². The Morgan fingerprint density at radius 3 is 2.48 bits per heavy atom. The van der Waals surface area contributed by atoms with Gasteiger partial charge in [0.2, 0.25) is 0 Å². The molecule has 0 radical (unpaired) electrons. The Hall–Kier alpha value is -2.30. The van der Waals surface area contributed by atoms with Crippen molar-refractivity contribution in [3.05, 3.63) is 81.1 Å². The molecule has 3 aromatic rings. The normalized spacial score (nSPS) is 10.7. The minimum atomic E-state index is -0.483. The molecular formula is C19H16Cl2N2O2. The van der Waals surface area contributed by atoms with Crippen molar-refractivity contribution in [2.75, 3.05) is 0 Å². The number of ether oxygens (including phenoxy) is 1. The van der Waals surface area contributed by atoms with Crippen molar-refractivity contribution < 1.29 is 9.53 Å². The highest BCUT2D eigenvalue weighted by Gasteiger charge is 2.16. The Balaban J connectivity index is 1.86. The number of aromatic nitrogens is 2. The lowest BCUT2D eigenvalue weighted by molar-refractivity contribution is 0.0473. The summed E-state index contributed by atoms with van der Waals surface area (Å²) in [7, 11) is 0. The molecule has 25 heavy (non-hydrogen) atoms. The highest BCUT2D eigenvalue weighted by atomic mass is 35.5. The molecule has 1 heterocycles. The Kier molecular flexibility index (Phi) is 5.11. The fourth-order valence-corrected chi connectivity index (χ4v) is 2.79. The summed E-state index contributed by atoms with van der Waals surface area (Å²) in [6.07, 6.45) is 0. The summed E-state index contributed by atoms with van der Waals surface area (Å²) in [6, 6.07) is 14.6. The van der Waals surface area contributed by atoms with Crippen LogP contribution in [0.1, 0.15) is 27.3 Å². The highest BCUT2D eigenvalue weighted by molar-refractivity contribution is 6.33. The van der Waals surface area contributed by atoms with Crippen molar-refractivity contribution in [1.29, 1.82) is 0 Å². The Morgan fingerprint density at radius 2 is 1.84 bits per heavy atom. The number of halogens is 2. The predicted molar refractivity (Wildman–Crippen MR) is 98.6 cm³/mol. The molecule has 0 atom stereocenters. The van der Waals surface area contributed by atoms with Gasteiger partial charge in [-0.25, -0.2) is 9.48 Å². The summed E-state index contributed by atoms with van der Waals surface area (Å²) in [5.74, 6) is -0.483. The number of carbonyl (C=O) groups excluding carboxylic acids is 1. The van der Waals surface area contributed by atoms with Crippen LogP contribution in [0.4, 0.5) is 0 Å². The first-order valence-electron chi connectivity index (χ1n) is 7.70. The van der Waals surface area contributed by atoms with Gasteiger partial charge < -0.3 is 4.74 Å². The van der Waals surface area contributed by atoms with E-state index in [1.165, 1.54) is 0 Å². The van der Waals surface area contributed by atoms with Crippen molar-refractivity contribution in [2.24, 2.45) is 0 Å². The molecule has 4 nitrogen and oxygen atoms in total. The molecule has 0 saturated carbocycles. The van der Waals surface area contributed by atoms with Crippen LogP contribution >= 0.6 is 23.2 Å². The monoisotopic (exact) mass is 374 g/mol. The summed E-state index contributed by atoms with van der Waals surface area (Å²) in [4.78, 5) is 12.4. The number of carbonyl (C=O) groups is 1. The van der Waals surface area contributed by atoms with Crippen LogP contribution in [0.2, 0.25) is 10.0 Å². The summed E-state index contributed by atoms with van der Waals surface area (Å²) in [6.45, 7) is 3.88. The van der Waals surface area contributed by atoms with Crippen LogP contribution in [0.5, 0.6) is 0 Å². The molecule has 0 bridgehead atoms. The largest absolute Gasteiger partial charge is 0.457 e. The van der Waals surface area contributed by atoms with Crippen molar-refractivity contribution in [3.63, 3.8) is 0 Å².